The van der Waals surface area contributed by atoms with Crippen LogP contribution in [0.25, 0.3) is 0 Å². The van der Waals surface area contributed by atoms with E-state index in [-0.39, 0.29) is 25.4 Å². The van der Waals surface area contributed by atoms with Crippen LogP contribution in [-0.4, -0.2) is 46.9 Å². The van der Waals surface area contributed by atoms with Gasteiger partial charge in [-0.2, -0.15) is 0 Å². The molecular formula is C19H27ClN2O6. The third-order valence-corrected chi connectivity index (χ3v) is 4.31. The highest BCUT2D eigenvalue weighted by atomic mass is 35.5. The Labute approximate surface area is 169 Å². The molecular weight excluding hydrogens is 388 g/mol. The lowest BCUT2D eigenvalue weighted by atomic mass is 9.90. The van der Waals surface area contributed by atoms with Crippen LogP contribution in [0, 0.1) is 11.8 Å². The van der Waals surface area contributed by atoms with Crippen molar-refractivity contribution < 1.29 is 29.4 Å². The van der Waals surface area contributed by atoms with Crippen molar-refractivity contribution in [1.29, 1.82) is 0 Å². The van der Waals surface area contributed by atoms with Gasteiger partial charge in [0, 0.05) is 11.4 Å². The molecule has 28 heavy (non-hydrogen) atoms. The van der Waals surface area contributed by atoms with Gasteiger partial charge in [-0.3, -0.25) is 14.8 Å². The maximum Gasteiger partial charge on any atom is 0.328 e. The third kappa shape index (κ3) is 7.46. The fourth-order valence-corrected chi connectivity index (χ4v) is 2.83. The molecule has 1 aromatic carbocycles. The first kappa shape index (κ1) is 23.9. The summed E-state index contributed by atoms with van der Waals surface area (Å²) in [7, 11) is 0. The molecule has 0 aliphatic heterocycles. The number of carbonyl (C=O) groups excluding carboxylic acids is 3. The molecule has 4 N–H and O–H groups in total. The van der Waals surface area contributed by atoms with Crippen LogP contribution in [0.3, 0.4) is 0 Å². The second kappa shape index (κ2) is 11.6. The van der Waals surface area contributed by atoms with Crippen molar-refractivity contribution in [3.05, 3.63) is 34.9 Å². The Balaban J connectivity index is 3.01. The Bertz CT molecular complexity index is 665. The van der Waals surface area contributed by atoms with Crippen molar-refractivity contribution in [2.75, 3.05) is 6.61 Å². The van der Waals surface area contributed by atoms with Crippen molar-refractivity contribution in [2.24, 2.45) is 11.8 Å². The summed E-state index contributed by atoms with van der Waals surface area (Å²) in [6.45, 7) is 5.42. The minimum absolute atomic E-state index is 0.0193. The van der Waals surface area contributed by atoms with E-state index in [4.69, 9.17) is 21.5 Å². The van der Waals surface area contributed by atoms with E-state index >= 15 is 0 Å². The van der Waals surface area contributed by atoms with E-state index in [1.54, 1.807) is 31.2 Å². The SMILES string of the molecule is CCOC(=O)C(Cc1ccc(Cl)cc1)NC(=O)[C@H](CC(C)C)[C@H](O)C(=O)NO. The predicted octanol–water partition coefficient (Wildman–Crippen LogP) is 1.46. The monoisotopic (exact) mass is 414 g/mol. The molecule has 0 aliphatic carbocycles. The van der Waals surface area contributed by atoms with Crippen molar-refractivity contribution in [3.8, 4) is 0 Å². The predicted molar refractivity (Wildman–Crippen MR) is 103 cm³/mol. The van der Waals surface area contributed by atoms with Crippen molar-refractivity contribution in [1.82, 2.24) is 10.8 Å². The Morgan fingerprint density at radius 3 is 2.25 bits per heavy atom. The van der Waals surface area contributed by atoms with Crippen molar-refractivity contribution in [3.63, 3.8) is 0 Å². The van der Waals surface area contributed by atoms with Gasteiger partial charge in [0.25, 0.3) is 5.91 Å². The summed E-state index contributed by atoms with van der Waals surface area (Å²) in [4.78, 5) is 36.6. The lowest BCUT2D eigenvalue weighted by Gasteiger charge is -2.25. The molecule has 1 aromatic rings. The number of aliphatic hydroxyl groups excluding tert-OH is 1. The van der Waals surface area contributed by atoms with Crippen LogP contribution in [0.15, 0.2) is 24.3 Å². The molecule has 3 atom stereocenters. The second-order valence-corrected chi connectivity index (χ2v) is 7.24. The first-order valence-corrected chi connectivity index (χ1v) is 9.40. The molecule has 8 nitrogen and oxygen atoms in total. The van der Waals surface area contributed by atoms with E-state index in [1.807, 2.05) is 13.8 Å². The fourth-order valence-electron chi connectivity index (χ4n) is 2.71. The number of carbonyl (C=O) groups is 3. The van der Waals surface area contributed by atoms with Crippen LogP contribution in [0.1, 0.15) is 32.8 Å². The Hall–Kier alpha value is -2.16. The highest BCUT2D eigenvalue weighted by Crippen LogP contribution is 2.18. The highest BCUT2D eigenvalue weighted by Gasteiger charge is 2.35. The zero-order valence-corrected chi connectivity index (χ0v) is 16.9. The number of aliphatic hydroxyl groups is 1. The van der Waals surface area contributed by atoms with Crippen LogP contribution >= 0.6 is 11.6 Å². The Kier molecular flexibility index (Phi) is 9.92. The average molecular weight is 415 g/mol. The average Bonchev–Trinajstić information content (AvgIpc) is 2.65. The molecule has 0 radical (unpaired) electrons. The third-order valence-electron chi connectivity index (χ3n) is 4.06. The molecule has 0 aromatic heterocycles. The van der Waals surface area contributed by atoms with Gasteiger partial charge in [-0.05, 0) is 37.0 Å². The molecule has 1 rings (SSSR count). The van der Waals surface area contributed by atoms with E-state index in [0.717, 1.165) is 5.56 Å². The van der Waals surface area contributed by atoms with Crippen LogP contribution in [-0.2, 0) is 25.5 Å². The van der Waals surface area contributed by atoms with Crippen molar-refractivity contribution >= 4 is 29.4 Å². The normalized spacial score (nSPS) is 14.1. The molecule has 156 valence electrons. The summed E-state index contributed by atoms with van der Waals surface area (Å²) in [6, 6.07) is 5.77. The van der Waals surface area contributed by atoms with Gasteiger partial charge in [-0.15, -0.1) is 0 Å². The lowest BCUT2D eigenvalue weighted by molar-refractivity contribution is -0.150. The van der Waals surface area contributed by atoms with E-state index in [1.165, 1.54) is 5.48 Å². The standard InChI is InChI=1S/C19H27ClN2O6/c1-4-28-19(26)15(10-12-5-7-13(20)8-6-12)21-17(24)14(9-11(2)3)16(23)18(25)22-27/h5-8,11,14-16,23,27H,4,9-10H2,1-3H3,(H,21,24)(H,22,25)/t14-,15?,16+/m1/s1. The first-order valence-electron chi connectivity index (χ1n) is 9.03. The van der Waals surface area contributed by atoms with E-state index in [0.29, 0.717) is 5.02 Å². The smallest absolute Gasteiger partial charge is 0.328 e. The maximum absolute atomic E-state index is 12.7. The Morgan fingerprint density at radius 2 is 1.75 bits per heavy atom. The fraction of sp³-hybridized carbons (Fsp3) is 0.526. The molecule has 0 spiro atoms. The second-order valence-electron chi connectivity index (χ2n) is 6.80. The molecule has 0 saturated heterocycles. The topological polar surface area (TPSA) is 125 Å². The number of hydrogen-bond acceptors (Lipinski definition) is 6. The van der Waals surface area contributed by atoms with Gasteiger partial charge in [0.05, 0.1) is 12.5 Å². The maximum atomic E-state index is 12.7. The largest absolute Gasteiger partial charge is 0.464 e. The van der Waals surface area contributed by atoms with Crippen LogP contribution < -0.4 is 10.8 Å². The van der Waals surface area contributed by atoms with Gasteiger partial charge >= 0.3 is 5.97 Å². The number of nitrogens with one attached hydrogen (secondary N) is 2. The molecule has 0 aliphatic rings. The molecule has 0 bridgehead atoms. The zero-order chi connectivity index (χ0) is 21.3. The number of hydroxylamine groups is 1. The first-order chi connectivity index (χ1) is 13.2. The highest BCUT2D eigenvalue weighted by molar-refractivity contribution is 6.30. The quantitative estimate of drug-likeness (QED) is 0.261. The van der Waals surface area contributed by atoms with Gasteiger partial charge in [0.1, 0.15) is 12.1 Å². The summed E-state index contributed by atoms with van der Waals surface area (Å²) >= 11 is 5.87. The zero-order valence-electron chi connectivity index (χ0n) is 16.1. The van der Waals surface area contributed by atoms with E-state index in [2.05, 4.69) is 5.32 Å². The van der Waals surface area contributed by atoms with Crippen LogP contribution in [0.5, 0.6) is 0 Å². The van der Waals surface area contributed by atoms with E-state index in [9.17, 15) is 19.5 Å². The number of esters is 1. The number of benzene rings is 1. The number of hydrogen-bond donors (Lipinski definition) is 4. The Morgan fingerprint density at radius 1 is 1.14 bits per heavy atom. The summed E-state index contributed by atoms with van der Waals surface area (Å²) in [5, 5.41) is 22.0. The van der Waals surface area contributed by atoms with Gasteiger partial charge in [-0.25, -0.2) is 10.3 Å². The van der Waals surface area contributed by atoms with Crippen LogP contribution in [0.2, 0.25) is 5.02 Å². The summed E-state index contributed by atoms with van der Waals surface area (Å²) in [6.07, 6.45) is -1.43. The number of ether oxygens (including phenoxy) is 1. The molecule has 0 saturated carbocycles. The molecule has 9 heteroatoms. The molecule has 2 amide bonds. The summed E-state index contributed by atoms with van der Waals surface area (Å²) in [5.74, 6) is -3.57. The summed E-state index contributed by atoms with van der Waals surface area (Å²) < 4.78 is 5.03. The minimum atomic E-state index is -1.76. The number of halogens is 1. The van der Waals surface area contributed by atoms with Gasteiger partial charge in [0.2, 0.25) is 5.91 Å². The number of rotatable bonds is 10. The van der Waals surface area contributed by atoms with Gasteiger partial charge < -0.3 is 15.2 Å². The minimum Gasteiger partial charge on any atom is -0.464 e. The summed E-state index contributed by atoms with van der Waals surface area (Å²) in [5.41, 5.74) is 2.09. The van der Waals surface area contributed by atoms with E-state index < -0.39 is 35.8 Å². The molecule has 0 heterocycles. The van der Waals surface area contributed by atoms with Crippen molar-refractivity contribution in [2.45, 2.75) is 45.8 Å². The number of amides is 2. The molecule has 0 fully saturated rings. The molecule has 1 unspecified atom stereocenters. The van der Waals surface area contributed by atoms with Crippen LogP contribution in [0.4, 0.5) is 0 Å². The van der Waals surface area contributed by atoms with Gasteiger partial charge in [-0.1, -0.05) is 37.6 Å². The van der Waals surface area contributed by atoms with Gasteiger partial charge in [0.15, 0.2) is 0 Å². The lowest BCUT2D eigenvalue weighted by Crippen LogP contribution is -2.51.